The topological polar surface area (TPSA) is 41.5 Å². The Morgan fingerprint density at radius 3 is 2.89 bits per heavy atom. The SMILES string of the molecule is CC(C)[C@@H](CO)NCc1cc(Cl)cc2c1OCC2. The molecule has 1 aromatic carbocycles. The summed E-state index contributed by atoms with van der Waals surface area (Å²) in [7, 11) is 0. The standard InChI is InChI=1S/C14H20ClNO2/c1-9(2)13(8-17)16-7-11-6-12(15)5-10-3-4-18-14(10)11/h5-6,9,13,16-17H,3-4,7-8H2,1-2H3/t13-/m1/s1. The van der Waals surface area contributed by atoms with E-state index < -0.39 is 0 Å². The average molecular weight is 270 g/mol. The zero-order valence-corrected chi connectivity index (χ0v) is 11.6. The van der Waals surface area contributed by atoms with Crippen molar-refractivity contribution in [1.29, 1.82) is 0 Å². The quantitative estimate of drug-likeness (QED) is 0.862. The monoisotopic (exact) mass is 269 g/mol. The molecule has 1 heterocycles. The third kappa shape index (κ3) is 2.97. The number of benzene rings is 1. The fraction of sp³-hybridized carbons (Fsp3) is 0.571. The van der Waals surface area contributed by atoms with Crippen LogP contribution in [0.25, 0.3) is 0 Å². The molecule has 0 fully saturated rings. The maximum absolute atomic E-state index is 9.30. The van der Waals surface area contributed by atoms with Crippen LogP contribution in [0.2, 0.25) is 5.02 Å². The van der Waals surface area contributed by atoms with Gasteiger partial charge in [0.05, 0.1) is 13.2 Å². The van der Waals surface area contributed by atoms with Crippen molar-refractivity contribution in [2.24, 2.45) is 5.92 Å². The highest BCUT2D eigenvalue weighted by Crippen LogP contribution is 2.32. The summed E-state index contributed by atoms with van der Waals surface area (Å²) in [5.41, 5.74) is 2.26. The maximum atomic E-state index is 9.30. The molecule has 1 atom stereocenters. The van der Waals surface area contributed by atoms with E-state index in [0.29, 0.717) is 12.5 Å². The van der Waals surface area contributed by atoms with Crippen molar-refractivity contribution in [2.75, 3.05) is 13.2 Å². The van der Waals surface area contributed by atoms with Crippen LogP contribution in [0.5, 0.6) is 5.75 Å². The lowest BCUT2D eigenvalue weighted by Gasteiger charge is -2.20. The molecule has 0 amide bonds. The zero-order chi connectivity index (χ0) is 13.1. The molecule has 0 aliphatic carbocycles. The van der Waals surface area contributed by atoms with Crippen LogP contribution in [0.15, 0.2) is 12.1 Å². The number of aliphatic hydroxyl groups is 1. The Balaban J connectivity index is 2.10. The third-order valence-electron chi connectivity index (χ3n) is 3.38. The molecule has 0 radical (unpaired) electrons. The molecule has 18 heavy (non-hydrogen) atoms. The number of rotatable bonds is 5. The lowest BCUT2D eigenvalue weighted by atomic mass is 10.0. The van der Waals surface area contributed by atoms with E-state index in [9.17, 15) is 5.11 Å². The Kier molecular flexibility index (Phi) is 4.49. The molecule has 100 valence electrons. The molecular weight excluding hydrogens is 250 g/mol. The number of halogens is 1. The fourth-order valence-electron chi connectivity index (χ4n) is 2.23. The van der Waals surface area contributed by atoms with Gasteiger partial charge in [-0.3, -0.25) is 0 Å². The highest BCUT2D eigenvalue weighted by atomic mass is 35.5. The summed E-state index contributed by atoms with van der Waals surface area (Å²) in [6, 6.07) is 4.01. The Labute approximate surface area is 113 Å². The van der Waals surface area contributed by atoms with Crippen molar-refractivity contribution in [3.05, 3.63) is 28.3 Å². The van der Waals surface area contributed by atoms with Gasteiger partial charge in [0.25, 0.3) is 0 Å². The number of aliphatic hydroxyl groups excluding tert-OH is 1. The molecule has 2 rings (SSSR count). The third-order valence-corrected chi connectivity index (χ3v) is 3.60. The smallest absolute Gasteiger partial charge is 0.127 e. The first-order chi connectivity index (χ1) is 8.61. The van der Waals surface area contributed by atoms with Crippen LogP contribution in [-0.4, -0.2) is 24.4 Å². The lowest BCUT2D eigenvalue weighted by Crippen LogP contribution is -2.36. The molecular formula is C14H20ClNO2. The van der Waals surface area contributed by atoms with Crippen LogP contribution in [0, 0.1) is 5.92 Å². The number of fused-ring (bicyclic) bond motifs is 1. The predicted molar refractivity (Wildman–Crippen MR) is 73.2 cm³/mol. The summed E-state index contributed by atoms with van der Waals surface area (Å²) in [6.45, 7) is 5.73. The van der Waals surface area contributed by atoms with E-state index >= 15 is 0 Å². The van der Waals surface area contributed by atoms with Gasteiger partial charge in [0.15, 0.2) is 0 Å². The Bertz CT molecular complexity index is 421. The molecule has 0 aromatic heterocycles. The van der Waals surface area contributed by atoms with Crippen LogP contribution in [0.3, 0.4) is 0 Å². The van der Waals surface area contributed by atoms with Gasteiger partial charge in [0.2, 0.25) is 0 Å². The van der Waals surface area contributed by atoms with Gasteiger partial charge in [0, 0.05) is 29.6 Å². The van der Waals surface area contributed by atoms with Gasteiger partial charge in [-0.15, -0.1) is 0 Å². The van der Waals surface area contributed by atoms with E-state index in [1.165, 1.54) is 5.56 Å². The molecule has 0 spiro atoms. The minimum Gasteiger partial charge on any atom is -0.493 e. The fourth-order valence-corrected chi connectivity index (χ4v) is 2.49. The molecule has 1 aliphatic heterocycles. The molecule has 1 aromatic rings. The van der Waals surface area contributed by atoms with Crippen LogP contribution < -0.4 is 10.1 Å². The first-order valence-corrected chi connectivity index (χ1v) is 6.78. The van der Waals surface area contributed by atoms with E-state index in [-0.39, 0.29) is 12.6 Å². The van der Waals surface area contributed by atoms with Gasteiger partial charge in [-0.25, -0.2) is 0 Å². The van der Waals surface area contributed by atoms with Crippen LogP contribution in [0.1, 0.15) is 25.0 Å². The largest absolute Gasteiger partial charge is 0.493 e. The van der Waals surface area contributed by atoms with E-state index in [1.54, 1.807) is 0 Å². The van der Waals surface area contributed by atoms with Crippen LogP contribution in [0.4, 0.5) is 0 Å². The average Bonchev–Trinajstić information content (AvgIpc) is 2.77. The normalized spacial score (nSPS) is 15.6. The lowest BCUT2D eigenvalue weighted by molar-refractivity contribution is 0.209. The molecule has 4 heteroatoms. The second kappa shape index (κ2) is 5.91. The molecule has 0 bridgehead atoms. The van der Waals surface area contributed by atoms with Gasteiger partial charge in [-0.2, -0.15) is 0 Å². The van der Waals surface area contributed by atoms with Gasteiger partial charge < -0.3 is 15.2 Å². The first-order valence-electron chi connectivity index (χ1n) is 6.40. The molecule has 0 saturated carbocycles. The first kappa shape index (κ1) is 13.7. The summed E-state index contributed by atoms with van der Waals surface area (Å²) >= 11 is 6.11. The molecule has 0 unspecified atom stereocenters. The maximum Gasteiger partial charge on any atom is 0.127 e. The number of hydrogen-bond donors (Lipinski definition) is 2. The van der Waals surface area contributed by atoms with Gasteiger partial charge in [-0.1, -0.05) is 25.4 Å². The summed E-state index contributed by atoms with van der Waals surface area (Å²) in [5.74, 6) is 1.36. The molecule has 3 nitrogen and oxygen atoms in total. The van der Waals surface area contributed by atoms with Crippen molar-refractivity contribution in [2.45, 2.75) is 32.9 Å². The zero-order valence-electron chi connectivity index (χ0n) is 10.9. The van der Waals surface area contributed by atoms with Crippen LogP contribution >= 0.6 is 11.6 Å². The number of hydrogen-bond acceptors (Lipinski definition) is 3. The second-order valence-corrected chi connectivity index (χ2v) is 5.50. The van der Waals surface area contributed by atoms with Gasteiger partial charge in [0.1, 0.15) is 5.75 Å². The number of ether oxygens (including phenoxy) is 1. The summed E-state index contributed by atoms with van der Waals surface area (Å²) in [5, 5.41) is 13.4. The Morgan fingerprint density at radius 1 is 1.44 bits per heavy atom. The highest BCUT2D eigenvalue weighted by molar-refractivity contribution is 6.30. The van der Waals surface area contributed by atoms with Gasteiger partial charge in [-0.05, 0) is 23.6 Å². The molecule has 1 aliphatic rings. The van der Waals surface area contributed by atoms with Crippen molar-refractivity contribution < 1.29 is 9.84 Å². The van der Waals surface area contributed by atoms with Crippen LogP contribution in [-0.2, 0) is 13.0 Å². The van der Waals surface area contributed by atoms with Gasteiger partial charge >= 0.3 is 0 Å². The van der Waals surface area contributed by atoms with Crippen molar-refractivity contribution in [3.8, 4) is 5.75 Å². The molecule has 0 saturated heterocycles. The molecule has 2 N–H and O–H groups in total. The van der Waals surface area contributed by atoms with E-state index in [2.05, 4.69) is 19.2 Å². The Hall–Kier alpha value is -0.770. The summed E-state index contributed by atoms with van der Waals surface area (Å²) in [4.78, 5) is 0. The highest BCUT2D eigenvalue weighted by Gasteiger charge is 2.19. The minimum absolute atomic E-state index is 0.0982. The van der Waals surface area contributed by atoms with E-state index in [4.69, 9.17) is 16.3 Å². The van der Waals surface area contributed by atoms with Crippen molar-refractivity contribution in [3.63, 3.8) is 0 Å². The second-order valence-electron chi connectivity index (χ2n) is 5.07. The minimum atomic E-state index is 0.0982. The van der Waals surface area contributed by atoms with E-state index in [1.807, 2.05) is 12.1 Å². The van der Waals surface area contributed by atoms with Crippen molar-refractivity contribution in [1.82, 2.24) is 5.32 Å². The summed E-state index contributed by atoms with van der Waals surface area (Å²) < 4.78 is 5.65. The number of nitrogens with one attached hydrogen (secondary N) is 1. The predicted octanol–water partition coefficient (Wildman–Crippen LogP) is 2.38. The van der Waals surface area contributed by atoms with Crippen molar-refractivity contribution >= 4 is 11.6 Å². The summed E-state index contributed by atoms with van der Waals surface area (Å²) in [6.07, 6.45) is 0.927. The Morgan fingerprint density at radius 2 is 2.22 bits per heavy atom. The van der Waals surface area contributed by atoms with E-state index in [0.717, 1.165) is 29.4 Å².